The fourth-order valence-electron chi connectivity index (χ4n) is 1.81. The molecule has 0 fully saturated rings. The van der Waals surface area contributed by atoms with E-state index in [1.807, 2.05) is 0 Å². The van der Waals surface area contributed by atoms with Crippen molar-refractivity contribution in [2.45, 2.75) is 39.5 Å². The van der Waals surface area contributed by atoms with Crippen molar-refractivity contribution in [1.82, 2.24) is 9.97 Å². The summed E-state index contributed by atoms with van der Waals surface area (Å²) in [6.45, 7) is 5.07. The van der Waals surface area contributed by atoms with Gasteiger partial charge in [-0.15, -0.1) is 0 Å². The molecule has 1 aromatic rings. The summed E-state index contributed by atoms with van der Waals surface area (Å²) in [5.41, 5.74) is -0.0113. The molecule has 0 spiro atoms. The van der Waals surface area contributed by atoms with Crippen LogP contribution in [0.5, 0.6) is 0 Å². The third-order valence-corrected chi connectivity index (χ3v) is 3.00. The Morgan fingerprint density at radius 1 is 1.39 bits per heavy atom. The predicted octanol–water partition coefficient (Wildman–Crippen LogP) is 2.80. The van der Waals surface area contributed by atoms with Crippen molar-refractivity contribution in [3.05, 3.63) is 18.1 Å². The Morgan fingerprint density at radius 2 is 2.11 bits per heavy atom. The summed E-state index contributed by atoms with van der Waals surface area (Å²) in [6, 6.07) is 0. The van der Waals surface area contributed by atoms with Crippen LogP contribution in [0.3, 0.4) is 0 Å². The predicted molar refractivity (Wildman–Crippen MR) is 70.8 cm³/mol. The fraction of sp³-hybridized carbons (Fsp3) is 0.615. The lowest BCUT2D eigenvalue weighted by atomic mass is 9.99. The number of aromatic nitrogens is 2. The average Bonchev–Trinajstić information content (AvgIpc) is 2.39. The van der Waals surface area contributed by atoms with Crippen LogP contribution in [-0.2, 0) is 0 Å². The van der Waals surface area contributed by atoms with Gasteiger partial charge in [-0.2, -0.15) is 0 Å². The standard InChI is InChI=1S/C13H21N3O2/c1-3-5-6-10(4-2)9-16-12-11(13(17)18)14-7-8-15-12/h7-8,10H,3-6,9H2,1-2H3,(H,15,16)(H,17,18). The van der Waals surface area contributed by atoms with Crippen molar-refractivity contribution in [2.75, 3.05) is 11.9 Å². The SMILES string of the molecule is CCCCC(CC)CNc1nccnc1C(=O)O. The molecule has 1 aromatic heterocycles. The molecule has 18 heavy (non-hydrogen) atoms. The molecule has 0 aliphatic carbocycles. The second-order valence-electron chi connectivity index (χ2n) is 4.36. The van der Waals surface area contributed by atoms with Crippen LogP contribution in [0.15, 0.2) is 12.4 Å². The molecule has 5 heteroatoms. The molecular weight excluding hydrogens is 230 g/mol. The second kappa shape index (κ2) is 7.63. The van der Waals surface area contributed by atoms with Crippen LogP contribution in [0, 0.1) is 5.92 Å². The van der Waals surface area contributed by atoms with Crippen molar-refractivity contribution >= 4 is 11.8 Å². The first-order chi connectivity index (χ1) is 8.69. The van der Waals surface area contributed by atoms with Crippen molar-refractivity contribution < 1.29 is 9.90 Å². The van der Waals surface area contributed by atoms with Crippen LogP contribution in [-0.4, -0.2) is 27.6 Å². The quantitative estimate of drug-likeness (QED) is 0.743. The molecule has 0 aliphatic heterocycles. The summed E-state index contributed by atoms with van der Waals surface area (Å²) >= 11 is 0. The number of rotatable bonds is 8. The zero-order valence-electron chi connectivity index (χ0n) is 11.0. The fourth-order valence-corrected chi connectivity index (χ4v) is 1.81. The van der Waals surface area contributed by atoms with Crippen LogP contribution >= 0.6 is 0 Å². The molecule has 5 nitrogen and oxygen atoms in total. The summed E-state index contributed by atoms with van der Waals surface area (Å²) < 4.78 is 0. The van der Waals surface area contributed by atoms with E-state index in [0.717, 1.165) is 19.4 Å². The molecule has 1 unspecified atom stereocenters. The number of nitrogens with one attached hydrogen (secondary N) is 1. The molecular formula is C13H21N3O2. The van der Waals surface area contributed by atoms with Gasteiger partial charge in [0.15, 0.2) is 11.5 Å². The lowest BCUT2D eigenvalue weighted by Gasteiger charge is -2.16. The lowest BCUT2D eigenvalue weighted by Crippen LogP contribution is -2.17. The van der Waals surface area contributed by atoms with E-state index in [1.165, 1.54) is 25.2 Å². The molecule has 0 aromatic carbocycles. The highest BCUT2D eigenvalue weighted by molar-refractivity contribution is 5.90. The number of unbranched alkanes of at least 4 members (excludes halogenated alkanes) is 1. The lowest BCUT2D eigenvalue weighted by molar-refractivity contribution is 0.0691. The largest absolute Gasteiger partial charge is 0.476 e. The first-order valence-electron chi connectivity index (χ1n) is 6.47. The number of carboxylic acid groups (broad SMARTS) is 1. The van der Waals surface area contributed by atoms with Crippen molar-refractivity contribution in [2.24, 2.45) is 5.92 Å². The molecule has 100 valence electrons. The minimum absolute atomic E-state index is 0.0113. The third kappa shape index (κ3) is 4.31. The van der Waals surface area contributed by atoms with E-state index in [4.69, 9.17) is 5.11 Å². The third-order valence-electron chi connectivity index (χ3n) is 3.00. The zero-order valence-corrected chi connectivity index (χ0v) is 11.0. The molecule has 0 bridgehead atoms. The maximum absolute atomic E-state index is 11.0. The normalized spacial score (nSPS) is 12.1. The number of carboxylic acids is 1. The molecule has 1 atom stereocenters. The topological polar surface area (TPSA) is 75.1 Å². The Morgan fingerprint density at radius 3 is 2.72 bits per heavy atom. The summed E-state index contributed by atoms with van der Waals surface area (Å²) in [7, 11) is 0. The summed E-state index contributed by atoms with van der Waals surface area (Å²) in [5, 5.41) is 12.1. The van der Waals surface area contributed by atoms with Crippen LogP contribution in [0.1, 0.15) is 50.0 Å². The van der Waals surface area contributed by atoms with Gasteiger partial charge in [0, 0.05) is 18.9 Å². The van der Waals surface area contributed by atoms with Gasteiger partial charge >= 0.3 is 5.97 Å². The van der Waals surface area contributed by atoms with Gasteiger partial charge in [-0.05, 0) is 12.3 Å². The molecule has 2 N–H and O–H groups in total. The van der Waals surface area contributed by atoms with E-state index in [2.05, 4.69) is 29.1 Å². The highest BCUT2D eigenvalue weighted by Crippen LogP contribution is 2.15. The van der Waals surface area contributed by atoms with Crippen LogP contribution in [0.4, 0.5) is 5.82 Å². The van der Waals surface area contributed by atoms with Crippen LogP contribution in [0.2, 0.25) is 0 Å². The maximum atomic E-state index is 11.0. The zero-order chi connectivity index (χ0) is 13.4. The van der Waals surface area contributed by atoms with Gasteiger partial charge < -0.3 is 10.4 Å². The Labute approximate surface area is 108 Å². The Bertz CT molecular complexity index is 382. The Kier molecular flexibility index (Phi) is 6.11. The van der Waals surface area contributed by atoms with E-state index in [-0.39, 0.29) is 5.69 Å². The number of aromatic carboxylic acids is 1. The van der Waals surface area contributed by atoms with Gasteiger partial charge in [0.1, 0.15) is 0 Å². The van der Waals surface area contributed by atoms with Crippen molar-refractivity contribution in [3.8, 4) is 0 Å². The number of anilines is 1. The minimum Gasteiger partial charge on any atom is -0.476 e. The van der Waals surface area contributed by atoms with E-state index in [1.54, 1.807) is 0 Å². The Hall–Kier alpha value is -1.65. The van der Waals surface area contributed by atoms with E-state index < -0.39 is 5.97 Å². The maximum Gasteiger partial charge on any atom is 0.358 e. The first kappa shape index (κ1) is 14.4. The second-order valence-corrected chi connectivity index (χ2v) is 4.36. The van der Waals surface area contributed by atoms with Crippen molar-refractivity contribution in [3.63, 3.8) is 0 Å². The molecule has 0 amide bonds. The van der Waals surface area contributed by atoms with Crippen molar-refractivity contribution in [1.29, 1.82) is 0 Å². The van der Waals surface area contributed by atoms with E-state index in [0.29, 0.717) is 11.7 Å². The molecule has 1 heterocycles. The number of carbonyl (C=O) groups is 1. The first-order valence-corrected chi connectivity index (χ1v) is 6.47. The highest BCUT2D eigenvalue weighted by atomic mass is 16.4. The average molecular weight is 251 g/mol. The molecule has 0 radical (unpaired) electrons. The summed E-state index contributed by atoms with van der Waals surface area (Å²) in [4.78, 5) is 18.8. The highest BCUT2D eigenvalue weighted by Gasteiger charge is 2.13. The number of hydrogen-bond donors (Lipinski definition) is 2. The van der Waals surface area contributed by atoms with Crippen LogP contribution < -0.4 is 5.32 Å². The molecule has 0 saturated carbocycles. The van der Waals surface area contributed by atoms with Gasteiger partial charge in [0.2, 0.25) is 0 Å². The summed E-state index contributed by atoms with van der Waals surface area (Å²) in [5.74, 6) is -0.138. The van der Waals surface area contributed by atoms with Gasteiger partial charge in [0.05, 0.1) is 0 Å². The molecule has 0 saturated heterocycles. The van der Waals surface area contributed by atoms with E-state index >= 15 is 0 Å². The number of nitrogens with zero attached hydrogens (tertiary/aromatic N) is 2. The van der Waals surface area contributed by atoms with Gasteiger partial charge in [-0.1, -0.05) is 33.1 Å². The monoisotopic (exact) mass is 251 g/mol. The van der Waals surface area contributed by atoms with Crippen LogP contribution in [0.25, 0.3) is 0 Å². The molecule has 0 aliphatic rings. The van der Waals surface area contributed by atoms with Gasteiger partial charge in [-0.25, -0.2) is 14.8 Å². The minimum atomic E-state index is -1.05. The summed E-state index contributed by atoms with van der Waals surface area (Å²) in [6.07, 6.45) is 7.51. The van der Waals surface area contributed by atoms with Gasteiger partial charge in [0.25, 0.3) is 0 Å². The number of hydrogen-bond acceptors (Lipinski definition) is 4. The van der Waals surface area contributed by atoms with Gasteiger partial charge in [-0.3, -0.25) is 0 Å². The molecule has 1 rings (SSSR count). The Balaban J connectivity index is 2.59. The smallest absolute Gasteiger partial charge is 0.358 e. The van der Waals surface area contributed by atoms with E-state index in [9.17, 15) is 4.79 Å².